The predicted molar refractivity (Wildman–Crippen MR) is 129 cm³/mol. The maximum Gasteiger partial charge on any atom is 0.274 e. The van der Waals surface area contributed by atoms with E-state index in [1.54, 1.807) is 31.4 Å². The summed E-state index contributed by atoms with van der Waals surface area (Å²) in [5.41, 5.74) is 1.89. The molecule has 1 N–H and O–H groups in total. The standard InChI is InChI=1S/C25H24ClN3O3S/c1-14-28-22(23(33-14)15-5-3-7-18(26)9-15)25(31)29-13-17-11-20(17)21(29)12-27-24(30)16-6-4-8-19(10-16)32-2/h3-10,17,20-21H,11-13H2,1-2H3,(H,27,30)/t17-,20?,21-/m1/s1. The van der Waals surface area contributed by atoms with E-state index in [-0.39, 0.29) is 17.9 Å². The third-order valence-electron chi connectivity index (χ3n) is 6.39. The maximum absolute atomic E-state index is 13.6. The fourth-order valence-corrected chi connectivity index (χ4v) is 5.76. The lowest BCUT2D eigenvalue weighted by Gasteiger charge is -2.27. The summed E-state index contributed by atoms with van der Waals surface area (Å²) in [4.78, 5) is 33.6. The number of halogens is 1. The number of likely N-dealkylation sites (tertiary alicyclic amines) is 1. The number of ether oxygens (including phenoxy) is 1. The van der Waals surface area contributed by atoms with Gasteiger partial charge in [-0.2, -0.15) is 0 Å². The van der Waals surface area contributed by atoms with E-state index >= 15 is 0 Å². The molecule has 2 aliphatic rings. The monoisotopic (exact) mass is 481 g/mol. The molecule has 3 atom stereocenters. The van der Waals surface area contributed by atoms with Crippen LogP contribution in [0.15, 0.2) is 48.5 Å². The van der Waals surface area contributed by atoms with Gasteiger partial charge >= 0.3 is 0 Å². The van der Waals surface area contributed by atoms with Crippen LogP contribution in [0.25, 0.3) is 10.4 Å². The van der Waals surface area contributed by atoms with Crippen LogP contribution in [0.2, 0.25) is 5.02 Å². The first-order chi connectivity index (χ1) is 15.9. The average Bonchev–Trinajstić information content (AvgIpc) is 3.33. The Labute approximate surface area is 201 Å². The molecular formula is C25H24ClN3O3S. The minimum absolute atomic E-state index is 0.0359. The Hall–Kier alpha value is -2.90. The molecule has 1 saturated carbocycles. The topological polar surface area (TPSA) is 71.5 Å². The summed E-state index contributed by atoms with van der Waals surface area (Å²) in [6, 6.07) is 14.5. The fourth-order valence-electron chi connectivity index (χ4n) is 4.66. The number of methoxy groups -OCH3 is 1. The van der Waals surface area contributed by atoms with Gasteiger partial charge in [0.25, 0.3) is 11.8 Å². The zero-order valence-corrected chi connectivity index (χ0v) is 19.9. The summed E-state index contributed by atoms with van der Waals surface area (Å²) in [6.07, 6.45) is 1.10. The van der Waals surface area contributed by atoms with Crippen molar-refractivity contribution >= 4 is 34.8 Å². The van der Waals surface area contributed by atoms with Crippen LogP contribution >= 0.6 is 22.9 Å². The summed E-state index contributed by atoms with van der Waals surface area (Å²) < 4.78 is 5.21. The minimum Gasteiger partial charge on any atom is -0.497 e. The van der Waals surface area contributed by atoms with Gasteiger partial charge in [-0.25, -0.2) is 4.98 Å². The lowest BCUT2D eigenvalue weighted by molar-refractivity contribution is 0.0690. The van der Waals surface area contributed by atoms with Crippen molar-refractivity contribution in [1.82, 2.24) is 15.2 Å². The van der Waals surface area contributed by atoms with Gasteiger partial charge in [-0.3, -0.25) is 9.59 Å². The number of rotatable bonds is 6. The van der Waals surface area contributed by atoms with E-state index in [1.807, 2.05) is 36.1 Å². The van der Waals surface area contributed by atoms with Crippen LogP contribution < -0.4 is 10.1 Å². The van der Waals surface area contributed by atoms with Crippen LogP contribution in [-0.4, -0.2) is 47.9 Å². The zero-order chi connectivity index (χ0) is 23.1. The van der Waals surface area contributed by atoms with Gasteiger partial charge in [0.2, 0.25) is 0 Å². The highest BCUT2D eigenvalue weighted by molar-refractivity contribution is 7.15. The zero-order valence-electron chi connectivity index (χ0n) is 18.4. The van der Waals surface area contributed by atoms with Crippen molar-refractivity contribution in [2.45, 2.75) is 19.4 Å². The summed E-state index contributed by atoms with van der Waals surface area (Å²) in [7, 11) is 1.57. The van der Waals surface area contributed by atoms with E-state index in [9.17, 15) is 9.59 Å². The van der Waals surface area contributed by atoms with Gasteiger partial charge in [-0.1, -0.05) is 29.8 Å². The molecule has 1 aromatic heterocycles. The molecule has 2 fully saturated rings. The molecule has 0 spiro atoms. The number of hydrogen-bond donors (Lipinski definition) is 1. The van der Waals surface area contributed by atoms with Crippen LogP contribution in [0, 0.1) is 18.8 Å². The molecule has 2 heterocycles. The summed E-state index contributed by atoms with van der Waals surface area (Å²) in [5.74, 6) is 1.31. The quantitative estimate of drug-likeness (QED) is 0.555. The van der Waals surface area contributed by atoms with Gasteiger partial charge in [0.15, 0.2) is 0 Å². The van der Waals surface area contributed by atoms with Gasteiger partial charge in [0.05, 0.1) is 23.0 Å². The van der Waals surface area contributed by atoms with Crippen molar-refractivity contribution in [3.8, 4) is 16.2 Å². The number of aryl methyl sites for hydroxylation is 1. The molecule has 1 unspecified atom stereocenters. The van der Waals surface area contributed by atoms with Crippen molar-refractivity contribution in [2.24, 2.45) is 11.8 Å². The molecule has 1 saturated heterocycles. The fraction of sp³-hybridized carbons (Fsp3) is 0.320. The smallest absolute Gasteiger partial charge is 0.274 e. The van der Waals surface area contributed by atoms with Crippen LogP contribution in [0.1, 0.15) is 32.3 Å². The summed E-state index contributed by atoms with van der Waals surface area (Å²) in [5, 5.41) is 4.48. The van der Waals surface area contributed by atoms with Crippen molar-refractivity contribution in [3.05, 3.63) is 69.8 Å². The highest BCUT2D eigenvalue weighted by Crippen LogP contribution is 2.50. The Morgan fingerprint density at radius 3 is 2.85 bits per heavy atom. The summed E-state index contributed by atoms with van der Waals surface area (Å²) >= 11 is 7.69. The second-order valence-electron chi connectivity index (χ2n) is 8.55. The molecule has 3 aromatic rings. The Kier molecular flexibility index (Phi) is 5.85. The SMILES string of the molecule is COc1cccc(C(=O)NC[C@@H]2C3C[C@@H]3CN2C(=O)c2nc(C)sc2-c2cccc(Cl)c2)c1. The second-order valence-corrected chi connectivity index (χ2v) is 10.2. The Balaban J connectivity index is 1.34. The van der Waals surface area contributed by atoms with E-state index in [0.29, 0.717) is 47.0 Å². The van der Waals surface area contributed by atoms with E-state index in [1.165, 1.54) is 11.3 Å². The van der Waals surface area contributed by atoms with Gasteiger partial charge in [0.1, 0.15) is 11.4 Å². The lowest BCUT2D eigenvalue weighted by Crippen LogP contribution is -2.45. The van der Waals surface area contributed by atoms with Crippen molar-refractivity contribution in [3.63, 3.8) is 0 Å². The van der Waals surface area contributed by atoms with Crippen molar-refractivity contribution in [2.75, 3.05) is 20.2 Å². The molecule has 6 nitrogen and oxygen atoms in total. The number of amides is 2. The second kappa shape index (κ2) is 8.80. The normalized spacial score (nSPS) is 20.9. The number of benzene rings is 2. The molecule has 2 aromatic carbocycles. The maximum atomic E-state index is 13.6. The van der Waals surface area contributed by atoms with Crippen LogP contribution in [-0.2, 0) is 0 Å². The highest BCUT2D eigenvalue weighted by atomic mass is 35.5. The minimum atomic E-state index is -0.172. The van der Waals surface area contributed by atoms with Crippen molar-refractivity contribution < 1.29 is 14.3 Å². The molecule has 0 radical (unpaired) electrons. The molecule has 1 aliphatic carbocycles. The number of piperidine rings is 1. The third kappa shape index (κ3) is 4.35. The predicted octanol–water partition coefficient (Wildman–Crippen LogP) is 4.67. The van der Waals surface area contributed by atoms with Gasteiger partial charge in [-0.15, -0.1) is 11.3 Å². The van der Waals surface area contributed by atoms with Crippen LogP contribution in [0.3, 0.4) is 0 Å². The first-order valence-corrected chi connectivity index (χ1v) is 12.1. The van der Waals surface area contributed by atoms with E-state index in [2.05, 4.69) is 10.3 Å². The van der Waals surface area contributed by atoms with E-state index < -0.39 is 0 Å². The molecule has 2 amide bonds. The first-order valence-electron chi connectivity index (χ1n) is 10.9. The Morgan fingerprint density at radius 2 is 2.06 bits per heavy atom. The third-order valence-corrected chi connectivity index (χ3v) is 7.65. The van der Waals surface area contributed by atoms with Gasteiger partial charge in [-0.05, 0) is 61.1 Å². The number of aromatic nitrogens is 1. The highest BCUT2D eigenvalue weighted by Gasteiger charge is 2.54. The number of carbonyl (C=O) groups is 2. The van der Waals surface area contributed by atoms with Crippen LogP contribution in [0.5, 0.6) is 5.75 Å². The van der Waals surface area contributed by atoms with Crippen LogP contribution in [0.4, 0.5) is 0 Å². The number of hydrogen-bond acceptors (Lipinski definition) is 5. The van der Waals surface area contributed by atoms with Crippen molar-refractivity contribution in [1.29, 1.82) is 0 Å². The molecule has 1 aliphatic heterocycles. The Morgan fingerprint density at radius 1 is 1.24 bits per heavy atom. The molecule has 8 heteroatoms. The molecule has 33 heavy (non-hydrogen) atoms. The number of nitrogens with one attached hydrogen (secondary N) is 1. The van der Waals surface area contributed by atoms with E-state index in [4.69, 9.17) is 16.3 Å². The first kappa shape index (κ1) is 21.9. The van der Waals surface area contributed by atoms with Gasteiger partial charge < -0.3 is 15.0 Å². The number of fused-ring (bicyclic) bond motifs is 1. The number of carbonyl (C=O) groups excluding carboxylic acids is 2. The molecule has 0 bridgehead atoms. The molecule has 170 valence electrons. The average molecular weight is 482 g/mol. The molecule has 5 rings (SSSR count). The van der Waals surface area contributed by atoms with Gasteiger partial charge in [0, 0.05) is 23.7 Å². The Bertz CT molecular complexity index is 1230. The lowest BCUT2D eigenvalue weighted by atomic mass is 10.1. The van der Waals surface area contributed by atoms with E-state index in [0.717, 1.165) is 21.9 Å². The number of nitrogens with zero attached hydrogens (tertiary/aromatic N) is 2. The molecular weight excluding hydrogens is 458 g/mol. The largest absolute Gasteiger partial charge is 0.497 e. The summed E-state index contributed by atoms with van der Waals surface area (Å²) in [6.45, 7) is 3.02. The number of thiazole rings is 1.